The summed E-state index contributed by atoms with van der Waals surface area (Å²) >= 11 is 0. The Morgan fingerprint density at radius 1 is 1.12 bits per heavy atom. The van der Waals surface area contributed by atoms with Crippen LogP contribution in [0.5, 0.6) is 0 Å². The van der Waals surface area contributed by atoms with Crippen molar-refractivity contribution < 1.29 is 19.1 Å². The van der Waals surface area contributed by atoms with E-state index in [1.54, 1.807) is 45.0 Å². The summed E-state index contributed by atoms with van der Waals surface area (Å²) in [5, 5.41) is 5.42. The highest BCUT2D eigenvalue weighted by Crippen LogP contribution is 2.26. The van der Waals surface area contributed by atoms with Crippen molar-refractivity contribution in [2.75, 3.05) is 13.1 Å². The van der Waals surface area contributed by atoms with Gasteiger partial charge in [0, 0.05) is 18.2 Å². The fourth-order valence-electron chi connectivity index (χ4n) is 3.25. The molecule has 0 aliphatic heterocycles. The zero-order valence-electron chi connectivity index (χ0n) is 20.2. The highest BCUT2D eigenvalue weighted by Gasteiger charge is 2.34. The zero-order chi connectivity index (χ0) is 24.3. The molecule has 0 spiro atoms. The number of hydrogen-bond donors (Lipinski definition) is 2. The molecule has 2 N–H and O–H groups in total. The summed E-state index contributed by atoms with van der Waals surface area (Å²) in [7, 11) is 0. The quantitative estimate of drug-likeness (QED) is 0.426. The maximum Gasteiger partial charge on any atom is 0.408 e. The summed E-state index contributed by atoms with van der Waals surface area (Å²) in [5.74, 6) is 1.89. The summed E-state index contributed by atoms with van der Waals surface area (Å²) < 4.78 is 5.21. The molecule has 1 aromatic rings. The summed E-state index contributed by atoms with van der Waals surface area (Å²) in [5.41, 5.74) is 0.430. The van der Waals surface area contributed by atoms with Gasteiger partial charge in [0.15, 0.2) is 0 Å². The number of amides is 3. The van der Waals surface area contributed by atoms with Crippen LogP contribution in [0.4, 0.5) is 4.79 Å². The molecule has 1 unspecified atom stereocenters. The number of ether oxygens (including phenoxy) is 1. The SMILES string of the molecule is C#Cc1ccccc1C(C(=O)NCCCCC)N(C(=O)CNC(=O)OC(C)(C)C)C(C)C. The van der Waals surface area contributed by atoms with Crippen molar-refractivity contribution in [3.8, 4) is 12.3 Å². The van der Waals surface area contributed by atoms with Crippen molar-refractivity contribution in [3.63, 3.8) is 0 Å². The smallest absolute Gasteiger partial charge is 0.408 e. The third-order valence-electron chi connectivity index (χ3n) is 4.64. The number of carbonyl (C=O) groups excluding carboxylic acids is 3. The van der Waals surface area contributed by atoms with Gasteiger partial charge < -0.3 is 20.3 Å². The molecule has 0 fully saturated rings. The van der Waals surface area contributed by atoms with Gasteiger partial charge in [-0.1, -0.05) is 43.9 Å². The van der Waals surface area contributed by atoms with Gasteiger partial charge in [-0.25, -0.2) is 4.79 Å². The van der Waals surface area contributed by atoms with Crippen molar-refractivity contribution in [1.82, 2.24) is 15.5 Å². The van der Waals surface area contributed by atoms with Gasteiger partial charge in [0.05, 0.1) is 0 Å². The molecule has 0 radical (unpaired) electrons. The van der Waals surface area contributed by atoms with Crippen LogP contribution in [0.2, 0.25) is 0 Å². The predicted octanol–water partition coefficient (Wildman–Crippen LogP) is 3.78. The number of carbonyl (C=O) groups is 3. The second kappa shape index (κ2) is 12.7. The van der Waals surface area contributed by atoms with Crippen LogP contribution in [0.15, 0.2) is 24.3 Å². The van der Waals surface area contributed by atoms with Gasteiger partial charge in [-0.2, -0.15) is 0 Å². The van der Waals surface area contributed by atoms with Gasteiger partial charge in [0.2, 0.25) is 11.8 Å². The number of terminal acetylenes is 1. The monoisotopic (exact) mass is 443 g/mol. The number of benzene rings is 1. The fourth-order valence-corrected chi connectivity index (χ4v) is 3.25. The van der Waals surface area contributed by atoms with Crippen molar-refractivity contribution >= 4 is 17.9 Å². The highest BCUT2D eigenvalue weighted by atomic mass is 16.6. The van der Waals surface area contributed by atoms with Crippen molar-refractivity contribution in [1.29, 1.82) is 0 Å². The maximum atomic E-state index is 13.3. The van der Waals surface area contributed by atoms with E-state index in [0.29, 0.717) is 17.7 Å². The second-order valence-corrected chi connectivity index (χ2v) is 8.88. The van der Waals surface area contributed by atoms with Crippen molar-refractivity contribution in [2.45, 2.75) is 78.5 Å². The number of nitrogens with one attached hydrogen (secondary N) is 2. The van der Waals surface area contributed by atoms with E-state index in [1.807, 2.05) is 13.8 Å². The molecule has 32 heavy (non-hydrogen) atoms. The molecule has 0 aliphatic rings. The van der Waals surface area contributed by atoms with E-state index in [9.17, 15) is 14.4 Å². The predicted molar refractivity (Wildman–Crippen MR) is 126 cm³/mol. The van der Waals surface area contributed by atoms with Crippen LogP contribution >= 0.6 is 0 Å². The largest absolute Gasteiger partial charge is 0.444 e. The van der Waals surface area contributed by atoms with E-state index in [4.69, 9.17) is 11.2 Å². The molecule has 1 atom stereocenters. The Labute approximate surface area is 192 Å². The lowest BCUT2D eigenvalue weighted by atomic mass is 9.97. The van der Waals surface area contributed by atoms with Gasteiger partial charge in [0.1, 0.15) is 18.2 Å². The zero-order valence-corrected chi connectivity index (χ0v) is 20.2. The first-order valence-electron chi connectivity index (χ1n) is 11.1. The van der Waals surface area contributed by atoms with E-state index in [1.165, 1.54) is 4.90 Å². The Hall–Kier alpha value is -3.01. The van der Waals surface area contributed by atoms with Crippen LogP contribution in [0.25, 0.3) is 0 Å². The molecule has 7 heteroatoms. The van der Waals surface area contributed by atoms with E-state index >= 15 is 0 Å². The standard InChI is InChI=1S/C25H37N3O4/c1-8-10-13-16-26-23(30)22(20-15-12-11-14-19(20)9-2)28(18(3)4)21(29)17-27-24(31)32-25(5,6)7/h2,11-12,14-15,18,22H,8,10,13,16-17H2,1,3-7H3,(H,26,30)(H,27,31). The molecule has 0 aromatic heterocycles. The summed E-state index contributed by atoms with van der Waals surface area (Å²) in [4.78, 5) is 39.9. The minimum absolute atomic E-state index is 0.301. The first kappa shape index (κ1) is 27.0. The topological polar surface area (TPSA) is 87.7 Å². The minimum Gasteiger partial charge on any atom is -0.444 e. The van der Waals surface area contributed by atoms with Crippen LogP contribution in [-0.2, 0) is 14.3 Å². The molecule has 0 saturated carbocycles. The second-order valence-electron chi connectivity index (χ2n) is 8.88. The fraction of sp³-hybridized carbons (Fsp3) is 0.560. The number of unbranched alkanes of at least 4 members (excludes halogenated alkanes) is 2. The number of alkyl carbamates (subject to hydrolysis) is 1. The highest BCUT2D eigenvalue weighted by molar-refractivity contribution is 5.91. The molecular formula is C25H37N3O4. The molecule has 7 nitrogen and oxygen atoms in total. The lowest BCUT2D eigenvalue weighted by molar-refractivity contribution is -0.142. The Morgan fingerprint density at radius 3 is 2.34 bits per heavy atom. The molecule has 0 bridgehead atoms. The number of hydrogen-bond acceptors (Lipinski definition) is 4. The average Bonchev–Trinajstić information content (AvgIpc) is 2.71. The van der Waals surface area contributed by atoms with E-state index in [-0.39, 0.29) is 18.5 Å². The molecule has 1 aromatic carbocycles. The van der Waals surface area contributed by atoms with Crippen LogP contribution in [0, 0.1) is 12.3 Å². The molecule has 0 saturated heterocycles. The lowest BCUT2D eigenvalue weighted by Gasteiger charge is -2.35. The molecule has 0 aliphatic carbocycles. The molecule has 176 valence electrons. The summed E-state index contributed by atoms with van der Waals surface area (Å²) in [6, 6.07) is 5.84. The Kier molecular flexibility index (Phi) is 10.8. The Balaban J connectivity index is 3.18. The van der Waals surface area contributed by atoms with Crippen molar-refractivity contribution in [3.05, 3.63) is 35.4 Å². The molecular weight excluding hydrogens is 406 g/mol. The van der Waals surface area contributed by atoms with Gasteiger partial charge in [-0.15, -0.1) is 6.42 Å². The first-order chi connectivity index (χ1) is 15.0. The van der Waals surface area contributed by atoms with Crippen molar-refractivity contribution in [2.24, 2.45) is 0 Å². The number of rotatable bonds is 10. The summed E-state index contributed by atoms with van der Waals surface area (Å²) in [6.07, 6.45) is 7.87. The van der Waals surface area contributed by atoms with Gasteiger partial charge in [-0.3, -0.25) is 9.59 Å². The average molecular weight is 444 g/mol. The maximum absolute atomic E-state index is 13.3. The van der Waals surface area contributed by atoms with E-state index < -0.39 is 23.6 Å². The van der Waals surface area contributed by atoms with E-state index in [0.717, 1.165) is 19.3 Å². The number of nitrogens with zero attached hydrogens (tertiary/aromatic N) is 1. The van der Waals surface area contributed by atoms with Crippen LogP contribution in [0.3, 0.4) is 0 Å². The van der Waals surface area contributed by atoms with Gasteiger partial charge in [-0.05, 0) is 52.7 Å². The normalized spacial score (nSPS) is 11.9. The van der Waals surface area contributed by atoms with E-state index in [2.05, 4.69) is 23.5 Å². The minimum atomic E-state index is -0.920. The Morgan fingerprint density at radius 2 is 1.78 bits per heavy atom. The first-order valence-corrected chi connectivity index (χ1v) is 11.1. The third kappa shape index (κ3) is 8.62. The molecule has 1 rings (SSSR count). The van der Waals surface area contributed by atoms with Crippen LogP contribution in [0.1, 0.15) is 78.0 Å². The third-order valence-corrected chi connectivity index (χ3v) is 4.64. The van der Waals surface area contributed by atoms with Gasteiger partial charge >= 0.3 is 6.09 Å². The van der Waals surface area contributed by atoms with Crippen LogP contribution < -0.4 is 10.6 Å². The summed E-state index contributed by atoms with van der Waals surface area (Å²) in [6.45, 7) is 11.2. The lowest BCUT2D eigenvalue weighted by Crippen LogP contribution is -2.50. The van der Waals surface area contributed by atoms with Crippen LogP contribution in [-0.4, -0.2) is 47.5 Å². The molecule has 3 amide bonds. The Bertz CT molecular complexity index is 821. The van der Waals surface area contributed by atoms with Gasteiger partial charge in [0.25, 0.3) is 0 Å². The molecule has 0 heterocycles.